The molecule has 0 saturated carbocycles. The maximum absolute atomic E-state index is 12.0. The lowest BCUT2D eigenvalue weighted by Gasteiger charge is -2.10. The molecule has 2 aromatic heterocycles. The number of nitrogens with zero attached hydrogens (tertiary/aromatic N) is 4. The van der Waals surface area contributed by atoms with Gasteiger partial charge in [0.25, 0.3) is 5.95 Å². The highest BCUT2D eigenvalue weighted by atomic mass is 35.5. The molecule has 1 aliphatic rings. The molecule has 1 aliphatic heterocycles. The van der Waals surface area contributed by atoms with Crippen LogP contribution in [-0.2, 0) is 9.59 Å². The van der Waals surface area contributed by atoms with Gasteiger partial charge in [-0.05, 0) is 12.1 Å². The van der Waals surface area contributed by atoms with Crippen LogP contribution in [0.2, 0.25) is 5.02 Å². The van der Waals surface area contributed by atoms with Gasteiger partial charge in [0.2, 0.25) is 5.91 Å². The van der Waals surface area contributed by atoms with Crippen molar-refractivity contribution in [1.82, 2.24) is 14.6 Å². The van der Waals surface area contributed by atoms with Crippen LogP contribution in [0.1, 0.15) is 13.3 Å². The van der Waals surface area contributed by atoms with E-state index in [1.54, 1.807) is 18.3 Å². The molecule has 1 atom stereocenters. The van der Waals surface area contributed by atoms with E-state index in [0.29, 0.717) is 29.6 Å². The monoisotopic (exact) mass is 310 g/mol. The number of rotatable bonds is 2. The Morgan fingerprint density at radius 2 is 2.30 bits per heavy atom. The minimum Gasteiger partial charge on any atom is -0.288 e. The largest absolute Gasteiger partial charge is 0.288 e. The SMILES string of the molecule is CC(=O)SC1CC(=O)N(c2nc3ccc(Cl)cn3n2)C1. The molecule has 20 heavy (non-hydrogen) atoms. The molecule has 3 rings (SSSR count). The number of fused-ring (bicyclic) bond motifs is 1. The highest BCUT2D eigenvalue weighted by Gasteiger charge is 2.34. The fourth-order valence-electron chi connectivity index (χ4n) is 2.14. The number of carbonyl (C=O) groups excluding carboxylic acids is 2. The van der Waals surface area contributed by atoms with E-state index in [-0.39, 0.29) is 16.3 Å². The van der Waals surface area contributed by atoms with Crippen molar-refractivity contribution in [1.29, 1.82) is 0 Å². The summed E-state index contributed by atoms with van der Waals surface area (Å²) in [5.41, 5.74) is 0.625. The van der Waals surface area contributed by atoms with Crippen molar-refractivity contribution in [2.24, 2.45) is 0 Å². The van der Waals surface area contributed by atoms with Gasteiger partial charge in [0, 0.05) is 31.3 Å². The number of pyridine rings is 1. The summed E-state index contributed by atoms with van der Waals surface area (Å²) < 4.78 is 1.54. The molecule has 0 spiro atoms. The highest BCUT2D eigenvalue weighted by molar-refractivity contribution is 8.14. The summed E-state index contributed by atoms with van der Waals surface area (Å²) in [6, 6.07) is 3.46. The molecule has 0 aromatic carbocycles. The minimum absolute atomic E-state index is 0.0133. The molecule has 0 aliphatic carbocycles. The Morgan fingerprint density at radius 3 is 3.05 bits per heavy atom. The number of aromatic nitrogens is 3. The molecule has 1 amide bonds. The Morgan fingerprint density at radius 1 is 1.50 bits per heavy atom. The third-order valence-corrected chi connectivity index (χ3v) is 4.15. The van der Waals surface area contributed by atoms with Gasteiger partial charge in [-0.1, -0.05) is 23.4 Å². The predicted molar refractivity (Wildman–Crippen MR) is 77.0 cm³/mol. The van der Waals surface area contributed by atoms with E-state index in [2.05, 4.69) is 10.1 Å². The Balaban J connectivity index is 1.87. The van der Waals surface area contributed by atoms with Crippen molar-refractivity contribution in [2.75, 3.05) is 11.4 Å². The lowest BCUT2D eigenvalue weighted by Crippen LogP contribution is -2.26. The molecule has 104 valence electrons. The predicted octanol–water partition coefficient (Wildman–Crippen LogP) is 1.77. The number of thioether (sulfide) groups is 1. The Labute approximate surface area is 124 Å². The fraction of sp³-hybridized carbons (Fsp3) is 0.333. The zero-order valence-corrected chi connectivity index (χ0v) is 12.2. The van der Waals surface area contributed by atoms with Crippen molar-refractivity contribution in [3.05, 3.63) is 23.4 Å². The lowest BCUT2D eigenvalue weighted by atomic mass is 10.4. The van der Waals surface area contributed by atoms with E-state index in [0.717, 1.165) is 0 Å². The molecule has 6 nitrogen and oxygen atoms in total. The molecule has 0 N–H and O–H groups in total. The van der Waals surface area contributed by atoms with Gasteiger partial charge < -0.3 is 0 Å². The average molecular weight is 311 g/mol. The molecule has 0 bridgehead atoms. The molecule has 0 radical (unpaired) electrons. The van der Waals surface area contributed by atoms with E-state index in [4.69, 9.17) is 11.6 Å². The molecule has 1 fully saturated rings. The van der Waals surface area contributed by atoms with Crippen LogP contribution < -0.4 is 4.90 Å². The van der Waals surface area contributed by atoms with Crippen LogP contribution in [0.4, 0.5) is 5.95 Å². The first-order valence-corrected chi connectivity index (χ1v) is 7.28. The summed E-state index contributed by atoms with van der Waals surface area (Å²) >= 11 is 7.08. The van der Waals surface area contributed by atoms with Crippen molar-refractivity contribution in [3.63, 3.8) is 0 Å². The number of amides is 1. The summed E-state index contributed by atoms with van der Waals surface area (Å²) in [5, 5.41) is 4.78. The fourth-order valence-corrected chi connectivity index (χ4v) is 3.22. The van der Waals surface area contributed by atoms with Crippen LogP contribution in [-0.4, -0.2) is 37.4 Å². The number of halogens is 1. The molecular formula is C12H11ClN4O2S. The molecule has 2 aromatic rings. The summed E-state index contributed by atoms with van der Waals surface area (Å²) in [6.07, 6.45) is 1.97. The zero-order valence-electron chi connectivity index (χ0n) is 10.6. The Hall–Kier alpha value is -1.60. The maximum atomic E-state index is 12.0. The highest BCUT2D eigenvalue weighted by Crippen LogP contribution is 2.27. The first-order chi connectivity index (χ1) is 9.52. The number of hydrogen-bond donors (Lipinski definition) is 0. The topological polar surface area (TPSA) is 67.6 Å². The standard InChI is InChI=1S/C12H11ClN4O2S/c1-7(18)20-9-4-11(19)16(6-9)12-14-10-3-2-8(13)5-17(10)15-12/h2-3,5,9H,4,6H2,1H3. The van der Waals surface area contributed by atoms with E-state index in [1.165, 1.54) is 28.1 Å². The molecule has 1 unspecified atom stereocenters. The number of hydrogen-bond acceptors (Lipinski definition) is 5. The van der Waals surface area contributed by atoms with Crippen LogP contribution in [0.3, 0.4) is 0 Å². The van der Waals surface area contributed by atoms with E-state index < -0.39 is 0 Å². The van der Waals surface area contributed by atoms with Gasteiger partial charge in [-0.3, -0.25) is 14.5 Å². The molecule has 8 heteroatoms. The third kappa shape index (κ3) is 2.51. The summed E-state index contributed by atoms with van der Waals surface area (Å²) in [4.78, 5) is 28.9. The lowest BCUT2D eigenvalue weighted by molar-refractivity contribution is -0.117. The second-order valence-corrected chi connectivity index (χ2v) is 6.42. The van der Waals surface area contributed by atoms with Gasteiger partial charge in [-0.25, -0.2) is 4.52 Å². The van der Waals surface area contributed by atoms with Crippen molar-refractivity contribution in [2.45, 2.75) is 18.6 Å². The van der Waals surface area contributed by atoms with Crippen LogP contribution in [0, 0.1) is 0 Å². The Kier molecular flexibility index (Phi) is 3.39. The van der Waals surface area contributed by atoms with E-state index in [1.807, 2.05) is 0 Å². The van der Waals surface area contributed by atoms with Crippen molar-refractivity contribution >= 4 is 46.0 Å². The minimum atomic E-state index is -0.0641. The van der Waals surface area contributed by atoms with Gasteiger partial charge in [-0.15, -0.1) is 5.10 Å². The van der Waals surface area contributed by atoms with Gasteiger partial charge in [0.05, 0.1) is 5.02 Å². The van der Waals surface area contributed by atoms with Crippen molar-refractivity contribution in [3.8, 4) is 0 Å². The first kappa shape index (κ1) is 13.4. The van der Waals surface area contributed by atoms with Crippen LogP contribution in [0.5, 0.6) is 0 Å². The van der Waals surface area contributed by atoms with E-state index >= 15 is 0 Å². The van der Waals surface area contributed by atoms with Gasteiger partial charge in [0.15, 0.2) is 10.8 Å². The number of anilines is 1. The second kappa shape index (κ2) is 5.06. The summed E-state index contributed by atoms with van der Waals surface area (Å²) in [6.45, 7) is 1.96. The third-order valence-electron chi connectivity index (χ3n) is 2.95. The van der Waals surface area contributed by atoms with Gasteiger partial charge in [0.1, 0.15) is 0 Å². The second-order valence-electron chi connectivity index (χ2n) is 4.50. The average Bonchev–Trinajstić information content (AvgIpc) is 2.91. The summed E-state index contributed by atoms with van der Waals surface area (Å²) in [5.74, 6) is 0.287. The molecular weight excluding hydrogens is 300 g/mol. The van der Waals surface area contributed by atoms with Crippen molar-refractivity contribution < 1.29 is 9.59 Å². The van der Waals surface area contributed by atoms with E-state index in [9.17, 15) is 9.59 Å². The number of carbonyl (C=O) groups is 2. The first-order valence-electron chi connectivity index (χ1n) is 6.02. The van der Waals surface area contributed by atoms with Gasteiger partial charge in [-0.2, -0.15) is 4.98 Å². The quantitative estimate of drug-likeness (QED) is 0.845. The van der Waals surface area contributed by atoms with Crippen LogP contribution in [0.25, 0.3) is 5.65 Å². The Bertz CT molecular complexity index is 702. The van der Waals surface area contributed by atoms with Crippen LogP contribution in [0.15, 0.2) is 18.3 Å². The zero-order chi connectivity index (χ0) is 14.3. The maximum Gasteiger partial charge on any atom is 0.252 e. The smallest absolute Gasteiger partial charge is 0.252 e. The van der Waals surface area contributed by atoms with Crippen LogP contribution >= 0.6 is 23.4 Å². The molecule has 3 heterocycles. The normalized spacial score (nSPS) is 19.0. The molecule has 1 saturated heterocycles. The summed E-state index contributed by atoms with van der Waals surface area (Å²) in [7, 11) is 0. The van der Waals surface area contributed by atoms with Gasteiger partial charge >= 0.3 is 0 Å².